The van der Waals surface area contributed by atoms with Gasteiger partial charge in [0.15, 0.2) is 0 Å². The standard InChI is InChI=1S/C25H20N4/c1-29-24-15-9-8-14-20(24)28-23-16-21(26-18-10-4-2-5-11-18)22(17-25(23)29)27-19-12-6-3-7-13-19/h2-17,26H,1H3. The summed E-state index contributed by atoms with van der Waals surface area (Å²) in [6, 6.07) is 32.5. The summed E-state index contributed by atoms with van der Waals surface area (Å²) < 4.78 is 2.17. The van der Waals surface area contributed by atoms with E-state index in [-0.39, 0.29) is 0 Å². The number of benzene rings is 4. The maximum Gasteiger partial charge on any atom is 0.0896 e. The summed E-state index contributed by atoms with van der Waals surface area (Å²) in [4.78, 5) is 9.79. The number of aromatic nitrogens is 2. The number of nitrogens with zero attached hydrogens (tertiary/aromatic N) is 3. The van der Waals surface area contributed by atoms with Crippen molar-refractivity contribution in [1.29, 1.82) is 0 Å². The van der Waals surface area contributed by atoms with Gasteiger partial charge < -0.3 is 9.88 Å². The van der Waals surface area contributed by atoms with Crippen LogP contribution in [-0.4, -0.2) is 9.55 Å². The van der Waals surface area contributed by atoms with E-state index in [0.29, 0.717) is 0 Å². The topological polar surface area (TPSA) is 42.2 Å². The molecule has 0 bridgehead atoms. The van der Waals surface area contributed by atoms with E-state index in [1.165, 1.54) is 0 Å². The molecule has 140 valence electrons. The predicted octanol–water partition coefficient (Wildman–Crippen LogP) is 5.65. The second-order valence-corrected chi connectivity index (χ2v) is 6.96. The van der Waals surface area contributed by atoms with Crippen LogP contribution in [0, 0.1) is 0 Å². The van der Waals surface area contributed by atoms with Crippen molar-refractivity contribution in [2.24, 2.45) is 12.0 Å². The van der Waals surface area contributed by atoms with Gasteiger partial charge in [-0.2, -0.15) is 0 Å². The van der Waals surface area contributed by atoms with Crippen LogP contribution in [0.4, 0.5) is 17.1 Å². The molecule has 1 heterocycles. The zero-order chi connectivity index (χ0) is 19.6. The molecule has 1 aliphatic carbocycles. The number of fused-ring (bicyclic) bond motifs is 2. The summed E-state index contributed by atoms with van der Waals surface area (Å²) in [7, 11) is 2.07. The Labute approximate surface area is 169 Å². The third kappa shape index (κ3) is 3.36. The Balaban J connectivity index is 1.78. The summed E-state index contributed by atoms with van der Waals surface area (Å²) in [5.41, 5.74) is 6.89. The Hall–Kier alpha value is -3.92. The molecule has 1 N–H and O–H groups in total. The Morgan fingerprint density at radius 1 is 0.793 bits per heavy atom. The largest absolute Gasteiger partial charge is 0.354 e. The fourth-order valence-electron chi connectivity index (χ4n) is 3.54. The molecule has 0 aromatic heterocycles. The first-order chi connectivity index (χ1) is 14.3. The van der Waals surface area contributed by atoms with Gasteiger partial charge in [0.05, 0.1) is 39.2 Å². The molecule has 0 amide bonds. The predicted molar refractivity (Wildman–Crippen MR) is 119 cm³/mol. The van der Waals surface area contributed by atoms with E-state index in [1.54, 1.807) is 0 Å². The lowest BCUT2D eigenvalue weighted by molar-refractivity contribution is 0.944. The maximum absolute atomic E-state index is 4.90. The second kappa shape index (κ2) is 7.24. The van der Waals surface area contributed by atoms with E-state index in [1.807, 2.05) is 78.9 Å². The molecule has 0 spiro atoms. The number of hydrogen-bond donors (Lipinski definition) is 1. The highest BCUT2D eigenvalue weighted by molar-refractivity contribution is 5.81. The highest BCUT2D eigenvalue weighted by Gasteiger charge is 2.13. The zero-order valence-electron chi connectivity index (χ0n) is 16.1. The maximum atomic E-state index is 4.90. The third-order valence-corrected chi connectivity index (χ3v) is 5.00. The van der Waals surface area contributed by atoms with Gasteiger partial charge in [0.25, 0.3) is 0 Å². The van der Waals surface area contributed by atoms with Gasteiger partial charge in [0.2, 0.25) is 0 Å². The minimum Gasteiger partial charge on any atom is -0.354 e. The molecule has 1 aliphatic heterocycles. The fraction of sp³-hybridized carbons (Fsp3) is 0.0400. The van der Waals surface area contributed by atoms with E-state index in [2.05, 4.69) is 35.1 Å². The van der Waals surface area contributed by atoms with Crippen molar-refractivity contribution in [2.45, 2.75) is 0 Å². The molecule has 3 aromatic carbocycles. The van der Waals surface area contributed by atoms with Crippen LogP contribution in [0.5, 0.6) is 0 Å². The summed E-state index contributed by atoms with van der Waals surface area (Å²) >= 11 is 0. The molecule has 4 nitrogen and oxygen atoms in total. The Kier molecular flexibility index (Phi) is 4.30. The van der Waals surface area contributed by atoms with Crippen molar-refractivity contribution in [1.82, 2.24) is 9.55 Å². The molecule has 4 heteroatoms. The molecule has 0 unspecified atom stereocenters. The van der Waals surface area contributed by atoms with Crippen molar-refractivity contribution in [2.75, 3.05) is 5.32 Å². The van der Waals surface area contributed by atoms with Crippen LogP contribution in [-0.2, 0) is 7.05 Å². The summed E-state index contributed by atoms with van der Waals surface area (Å²) in [6.07, 6.45) is 0. The highest BCUT2D eigenvalue weighted by atomic mass is 15.0. The van der Waals surface area contributed by atoms with Crippen molar-refractivity contribution in [3.8, 4) is 11.4 Å². The van der Waals surface area contributed by atoms with Gasteiger partial charge >= 0.3 is 0 Å². The number of rotatable bonds is 3. The normalized spacial score (nSPS) is 11.8. The Morgan fingerprint density at radius 2 is 1.48 bits per heavy atom. The lowest BCUT2D eigenvalue weighted by atomic mass is 10.1. The minimum atomic E-state index is 0.875. The minimum absolute atomic E-state index is 0.875. The quantitative estimate of drug-likeness (QED) is 0.413. The molecule has 3 aromatic rings. The lowest BCUT2D eigenvalue weighted by Crippen LogP contribution is -2.14. The van der Waals surface area contributed by atoms with Gasteiger partial charge in [-0.25, -0.2) is 9.98 Å². The van der Waals surface area contributed by atoms with Crippen LogP contribution in [0.25, 0.3) is 22.4 Å². The first-order valence-electron chi connectivity index (χ1n) is 9.59. The van der Waals surface area contributed by atoms with Crippen molar-refractivity contribution in [3.05, 3.63) is 102 Å². The molecule has 0 saturated heterocycles. The van der Waals surface area contributed by atoms with Crippen LogP contribution in [0.2, 0.25) is 0 Å². The van der Waals surface area contributed by atoms with Crippen LogP contribution in [0.1, 0.15) is 0 Å². The van der Waals surface area contributed by atoms with E-state index in [4.69, 9.17) is 9.98 Å². The SMILES string of the molecule is Cn1c2cc(=Nc3ccccc3)c(Nc3ccccc3)cc-2nc2ccccc21. The number of para-hydroxylation sites is 4. The molecular formula is C25H20N4. The number of aryl methyl sites for hydroxylation is 1. The van der Waals surface area contributed by atoms with Gasteiger partial charge in [-0.15, -0.1) is 0 Å². The average molecular weight is 376 g/mol. The molecule has 5 rings (SSSR count). The fourth-order valence-corrected chi connectivity index (χ4v) is 3.54. The second-order valence-electron chi connectivity index (χ2n) is 6.96. The van der Waals surface area contributed by atoms with Crippen LogP contribution in [0.3, 0.4) is 0 Å². The van der Waals surface area contributed by atoms with E-state index in [0.717, 1.165) is 44.8 Å². The van der Waals surface area contributed by atoms with E-state index in [9.17, 15) is 0 Å². The van der Waals surface area contributed by atoms with E-state index < -0.39 is 0 Å². The van der Waals surface area contributed by atoms with Crippen LogP contribution in [0.15, 0.2) is 102 Å². The zero-order valence-corrected chi connectivity index (χ0v) is 16.1. The van der Waals surface area contributed by atoms with Gasteiger partial charge in [-0.1, -0.05) is 48.5 Å². The summed E-state index contributed by atoms with van der Waals surface area (Å²) in [5, 5.41) is 4.38. The Morgan fingerprint density at radius 3 is 2.28 bits per heavy atom. The first kappa shape index (κ1) is 17.2. The highest BCUT2D eigenvalue weighted by Crippen LogP contribution is 2.26. The van der Waals surface area contributed by atoms with Crippen molar-refractivity contribution in [3.63, 3.8) is 0 Å². The third-order valence-electron chi connectivity index (χ3n) is 5.00. The summed E-state index contributed by atoms with van der Waals surface area (Å²) in [6.45, 7) is 0. The molecule has 0 atom stereocenters. The first-order valence-corrected chi connectivity index (χ1v) is 9.59. The van der Waals surface area contributed by atoms with Crippen molar-refractivity contribution < 1.29 is 0 Å². The smallest absolute Gasteiger partial charge is 0.0896 e. The van der Waals surface area contributed by atoms with Crippen LogP contribution < -0.4 is 10.7 Å². The number of anilines is 2. The number of hydrogen-bond acceptors (Lipinski definition) is 3. The molecular weight excluding hydrogens is 356 g/mol. The average Bonchev–Trinajstić information content (AvgIpc) is 2.76. The van der Waals surface area contributed by atoms with E-state index >= 15 is 0 Å². The molecule has 2 aliphatic rings. The van der Waals surface area contributed by atoms with Gasteiger partial charge in [0, 0.05) is 12.7 Å². The molecule has 29 heavy (non-hydrogen) atoms. The van der Waals surface area contributed by atoms with Gasteiger partial charge in [-0.3, -0.25) is 0 Å². The molecule has 0 radical (unpaired) electrons. The van der Waals surface area contributed by atoms with Gasteiger partial charge in [0.1, 0.15) is 0 Å². The lowest BCUT2D eigenvalue weighted by Gasteiger charge is -2.17. The van der Waals surface area contributed by atoms with Crippen LogP contribution >= 0.6 is 0 Å². The van der Waals surface area contributed by atoms with Crippen molar-refractivity contribution >= 4 is 28.1 Å². The monoisotopic (exact) mass is 376 g/mol. The van der Waals surface area contributed by atoms with Gasteiger partial charge in [-0.05, 0) is 48.5 Å². The molecule has 0 saturated carbocycles. The summed E-state index contributed by atoms with van der Waals surface area (Å²) in [5.74, 6) is 0. The molecule has 0 fully saturated rings. The Bertz CT molecular complexity index is 1320. The number of nitrogens with one attached hydrogen (secondary N) is 1.